The number of rotatable bonds is 5. The molecule has 0 radical (unpaired) electrons. The lowest BCUT2D eigenvalue weighted by molar-refractivity contribution is -0.00774. The highest BCUT2D eigenvalue weighted by atomic mass is 16.3. The Labute approximate surface area is 120 Å². The zero-order valence-electron chi connectivity index (χ0n) is 12.1. The first-order chi connectivity index (χ1) is 9.42. The van der Waals surface area contributed by atoms with E-state index in [1.54, 1.807) is 13.8 Å². The van der Waals surface area contributed by atoms with E-state index in [-0.39, 0.29) is 0 Å². The molecule has 0 aliphatic carbocycles. The Morgan fingerprint density at radius 3 is 1.25 bits per heavy atom. The van der Waals surface area contributed by atoms with Crippen molar-refractivity contribution >= 4 is 0 Å². The maximum atomic E-state index is 10.6. The van der Waals surface area contributed by atoms with Crippen LogP contribution in [0.1, 0.15) is 37.8 Å². The molecule has 0 saturated carbocycles. The van der Waals surface area contributed by atoms with Crippen molar-refractivity contribution in [1.29, 1.82) is 0 Å². The standard InChI is InChI=1S/C18H22O2/c1-17(19,15-9-5-3-6-10-15)13-14-18(2,20)16-11-7-4-8-12-16/h3-12,19-20H,13-14H2,1-2H3/t17-,18+. The predicted octanol–water partition coefficient (Wildman–Crippen LogP) is 3.58. The molecule has 0 unspecified atom stereocenters. The smallest absolute Gasteiger partial charge is 0.0869 e. The molecule has 2 heteroatoms. The molecule has 0 aliphatic heterocycles. The third kappa shape index (κ3) is 3.47. The monoisotopic (exact) mass is 270 g/mol. The fourth-order valence-corrected chi connectivity index (χ4v) is 2.37. The maximum Gasteiger partial charge on any atom is 0.0869 e. The molecule has 0 aliphatic rings. The Kier molecular flexibility index (Phi) is 4.26. The topological polar surface area (TPSA) is 40.5 Å². The van der Waals surface area contributed by atoms with Crippen LogP contribution in [0.2, 0.25) is 0 Å². The van der Waals surface area contributed by atoms with Crippen LogP contribution in [0.4, 0.5) is 0 Å². The minimum Gasteiger partial charge on any atom is -0.385 e. The molecule has 2 nitrogen and oxygen atoms in total. The lowest BCUT2D eigenvalue weighted by Crippen LogP contribution is -2.28. The van der Waals surface area contributed by atoms with Gasteiger partial charge in [0.25, 0.3) is 0 Å². The number of hydrogen-bond donors (Lipinski definition) is 2. The summed E-state index contributed by atoms with van der Waals surface area (Å²) in [7, 11) is 0. The van der Waals surface area contributed by atoms with Crippen LogP contribution in [0, 0.1) is 0 Å². The van der Waals surface area contributed by atoms with Gasteiger partial charge >= 0.3 is 0 Å². The molecule has 0 amide bonds. The third-order valence-corrected chi connectivity index (χ3v) is 3.89. The van der Waals surface area contributed by atoms with Gasteiger partial charge in [-0.25, -0.2) is 0 Å². The van der Waals surface area contributed by atoms with Gasteiger partial charge in [0.05, 0.1) is 11.2 Å². The summed E-state index contributed by atoms with van der Waals surface area (Å²) in [5.41, 5.74) is -0.104. The minimum absolute atomic E-state index is 0.499. The Morgan fingerprint density at radius 2 is 0.950 bits per heavy atom. The van der Waals surface area contributed by atoms with Crippen molar-refractivity contribution in [3.63, 3.8) is 0 Å². The van der Waals surface area contributed by atoms with Crippen molar-refractivity contribution in [2.45, 2.75) is 37.9 Å². The zero-order valence-corrected chi connectivity index (χ0v) is 12.1. The zero-order chi connectivity index (χ0) is 14.6. The molecule has 0 bridgehead atoms. The highest BCUT2D eigenvalue weighted by Gasteiger charge is 2.29. The SMILES string of the molecule is C[C@](O)(CC[C@@](C)(O)c1ccccc1)c1ccccc1. The van der Waals surface area contributed by atoms with Gasteiger partial charge < -0.3 is 10.2 Å². The van der Waals surface area contributed by atoms with Crippen molar-refractivity contribution in [2.75, 3.05) is 0 Å². The van der Waals surface area contributed by atoms with Gasteiger partial charge in [-0.2, -0.15) is 0 Å². The summed E-state index contributed by atoms with van der Waals surface area (Å²) in [5.74, 6) is 0. The summed E-state index contributed by atoms with van der Waals surface area (Å²) in [6.07, 6.45) is 0.998. The van der Waals surface area contributed by atoms with Crippen LogP contribution in [0.5, 0.6) is 0 Å². The Bertz CT molecular complexity index is 478. The van der Waals surface area contributed by atoms with E-state index in [0.29, 0.717) is 12.8 Å². The van der Waals surface area contributed by atoms with Crippen molar-refractivity contribution in [2.24, 2.45) is 0 Å². The van der Waals surface area contributed by atoms with Crippen LogP contribution in [0.3, 0.4) is 0 Å². The first-order valence-corrected chi connectivity index (χ1v) is 6.98. The van der Waals surface area contributed by atoms with Crippen LogP contribution in [0.15, 0.2) is 60.7 Å². The molecular formula is C18H22O2. The summed E-state index contributed by atoms with van der Waals surface area (Å²) in [5, 5.41) is 21.2. The van der Waals surface area contributed by atoms with E-state index < -0.39 is 11.2 Å². The second kappa shape index (κ2) is 5.78. The van der Waals surface area contributed by atoms with Crippen molar-refractivity contribution < 1.29 is 10.2 Å². The van der Waals surface area contributed by atoms with E-state index in [0.717, 1.165) is 11.1 Å². The van der Waals surface area contributed by atoms with Crippen LogP contribution >= 0.6 is 0 Å². The Hall–Kier alpha value is -1.64. The van der Waals surface area contributed by atoms with Crippen molar-refractivity contribution in [1.82, 2.24) is 0 Å². The van der Waals surface area contributed by atoms with E-state index in [9.17, 15) is 10.2 Å². The normalized spacial score (nSPS) is 17.2. The van der Waals surface area contributed by atoms with Gasteiger partial charge in [-0.05, 0) is 37.8 Å². The molecule has 0 saturated heterocycles. The molecule has 0 aromatic heterocycles. The van der Waals surface area contributed by atoms with Gasteiger partial charge in [0.2, 0.25) is 0 Å². The molecule has 2 aromatic carbocycles. The maximum absolute atomic E-state index is 10.6. The highest BCUT2D eigenvalue weighted by molar-refractivity contribution is 5.23. The largest absolute Gasteiger partial charge is 0.385 e. The van der Waals surface area contributed by atoms with Crippen LogP contribution in [-0.2, 0) is 11.2 Å². The van der Waals surface area contributed by atoms with Crippen LogP contribution < -0.4 is 0 Å². The van der Waals surface area contributed by atoms with Crippen LogP contribution in [-0.4, -0.2) is 10.2 Å². The van der Waals surface area contributed by atoms with Crippen LogP contribution in [0.25, 0.3) is 0 Å². The summed E-state index contributed by atoms with van der Waals surface area (Å²) < 4.78 is 0. The average molecular weight is 270 g/mol. The number of hydrogen-bond acceptors (Lipinski definition) is 2. The van der Waals surface area contributed by atoms with E-state index >= 15 is 0 Å². The van der Waals surface area contributed by atoms with Gasteiger partial charge in [-0.15, -0.1) is 0 Å². The lowest BCUT2D eigenvalue weighted by atomic mass is 9.84. The predicted molar refractivity (Wildman–Crippen MR) is 81.3 cm³/mol. The molecule has 2 N–H and O–H groups in total. The molecule has 0 heterocycles. The lowest BCUT2D eigenvalue weighted by Gasteiger charge is -2.30. The van der Waals surface area contributed by atoms with Gasteiger partial charge in [0.15, 0.2) is 0 Å². The molecule has 2 atom stereocenters. The minimum atomic E-state index is -0.931. The van der Waals surface area contributed by atoms with E-state index in [1.807, 2.05) is 60.7 Å². The molecule has 0 spiro atoms. The molecular weight excluding hydrogens is 248 g/mol. The van der Waals surface area contributed by atoms with E-state index in [4.69, 9.17) is 0 Å². The third-order valence-electron chi connectivity index (χ3n) is 3.89. The van der Waals surface area contributed by atoms with E-state index in [1.165, 1.54) is 0 Å². The molecule has 2 rings (SSSR count). The Morgan fingerprint density at radius 1 is 0.650 bits per heavy atom. The Balaban J connectivity index is 2.08. The van der Waals surface area contributed by atoms with Gasteiger partial charge in [-0.1, -0.05) is 60.7 Å². The first kappa shape index (κ1) is 14.8. The highest BCUT2D eigenvalue weighted by Crippen LogP contribution is 2.33. The van der Waals surface area contributed by atoms with Crippen molar-refractivity contribution in [3.05, 3.63) is 71.8 Å². The van der Waals surface area contributed by atoms with Gasteiger partial charge in [0, 0.05) is 0 Å². The molecule has 2 aromatic rings. The summed E-state index contributed by atoms with van der Waals surface area (Å²) >= 11 is 0. The first-order valence-electron chi connectivity index (χ1n) is 6.98. The average Bonchev–Trinajstić information content (AvgIpc) is 2.47. The van der Waals surface area contributed by atoms with Gasteiger partial charge in [-0.3, -0.25) is 0 Å². The number of benzene rings is 2. The fourth-order valence-electron chi connectivity index (χ4n) is 2.37. The second-order valence-electron chi connectivity index (χ2n) is 5.78. The molecule has 0 fully saturated rings. The molecule has 106 valence electrons. The van der Waals surface area contributed by atoms with E-state index in [2.05, 4.69) is 0 Å². The summed E-state index contributed by atoms with van der Waals surface area (Å²) in [6, 6.07) is 19.2. The van der Waals surface area contributed by atoms with Gasteiger partial charge in [0.1, 0.15) is 0 Å². The number of aliphatic hydroxyl groups is 2. The van der Waals surface area contributed by atoms with Crippen molar-refractivity contribution in [3.8, 4) is 0 Å². The molecule has 20 heavy (non-hydrogen) atoms. The second-order valence-corrected chi connectivity index (χ2v) is 5.78. The quantitative estimate of drug-likeness (QED) is 0.871. The summed E-state index contributed by atoms with van der Waals surface area (Å²) in [4.78, 5) is 0. The fraction of sp³-hybridized carbons (Fsp3) is 0.333. The summed E-state index contributed by atoms with van der Waals surface area (Å²) in [6.45, 7) is 3.59.